The van der Waals surface area contributed by atoms with Crippen LogP contribution in [0.15, 0.2) is 0 Å². The maximum Gasteiger partial charge on any atom is 0.334 e. The fourth-order valence-corrected chi connectivity index (χ4v) is 1.70. The van der Waals surface area contributed by atoms with E-state index in [0.29, 0.717) is 0 Å². The highest BCUT2D eigenvalue weighted by Crippen LogP contribution is 2.03. The molecule has 0 N–H and O–H groups in total. The van der Waals surface area contributed by atoms with Gasteiger partial charge in [0.05, 0.1) is 27.1 Å². The highest BCUT2D eigenvalue weighted by atomic mass is 15.4. The molecule has 0 saturated heterocycles. The van der Waals surface area contributed by atoms with Gasteiger partial charge in [-0.3, -0.25) is 0 Å². The Hall–Kier alpha value is -0.370. The normalized spacial score (nSPS) is 11.5. The first-order valence-corrected chi connectivity index (χ1v) is 5.49. The number of rotatable bonds is 4. The molecule has 78 valence electrons. The number of nitrogens with zero attached hydrogens (tertiary/aromatic N) is 2. The number of hydrogen-bond donors (Lipinski definition) is 0. The molecule has 0 aromatic heterocycles. The summed E-state index contributed by atoms with van der Waals surface area (Å²) in [6.07, 6.45) is 0. The lowest BCUT2D eigenvalue weighted by Crippen LogP contribution is -2.51. The zero-order valence-corrected chi connectivity index (χ0v) is 10.2. The highest BCUT2D eigenvalue weighted by Gasteiger charge is 2.28. The molecule has 2 nitrogen and oxygen atoms in total. The van der Waals surface area contributed by atoms with Crippen LogP contribution in [0.1, 0.15) is 34.6 Å². The van der Waals surface area contributed by atoms with Crippen LogP contribution in [-0.2, 0) is 0 Å². The first-order valence-electron chi connectivity index (χ1n) is 5.49. The lowest BCUT2D eigenvalue weighted by Gasteiger charge is -2.28. The topological polar surface area (TPSA) is 3.01 Å². The quantitative estimate of drug-likeness (QED) is 0.273. The van der Waals surface area contributed by atoms with Crippen molar-refractivity contribution in [2.45, 2.75) is 34.6 Å². The second-order valence-corrected chi connectivity index (χ2v) is 3.75. The Morgan fingerprint density at radius 2 is 1.38 bits per heavy atom. The molecule has 0 radical (unpaired) electrons. The Bertz CT molecular complexity index is 173. The number of amidine groups is 1. The van der Waals surface area contributed by atoms with E-state index in [2.05, 4.69) is 46.2 Å². The Balaban J connectivity index is 4.89. The summed E-state index contributed by atoms with van der Waals surface area (Å²) < 4.78 is 3.52. The summed E-state index contributed by atoms with van der Waals surface area (Å²) in [6, 6.07) is 0. The van der Waals surface area contributed by atoms with Crippen LogP contribution in [0.3, 0.4) is 0 Å². The molecule has 0 unspecified atom stereocenters. The minimum Gasteiger partial charge on any atom is -0.243 e. The highest BCUT2D eigenvalue weighted by molar-refractivity contribution is 5.67. The third-order valence-electron chi connectivity index (χ3n) is 3.40. The van der Waals surface area contributed by atoms with Crippen LogP contribution >= 0.6 is 0 Å². The molecule has 0 aliphatic rings. The van der Waals surface area contributed by atoms with E-state index in [-0.39, 0.29) is 0 Å². The third kappa shape index (κ3) is 2.80. The minimum absolute atomic E-state index is 1.07. The molecule has 2 heteroatoms. The third-order valence-corrected chi connectivity index (χ3v) is 3.40. The summed E-state index contributed by atoms with van der Waals surface area (Å²) in [5.74, 6) is 1.50. The second-order valence-electron chi connectivity index (χ2n) is 3.75. The molecule has 0 rings (SSSR count). The maximum atomic E-state index is 2.45. The molecule has 13 heavy (non-hydrogen) atoms. The van der Waals surface area contributed by atoms with Gasteiger partial charge in [0, 0.05) is 0 Å². The largest absolute Gasteiger partial charge is 0.334 e. The smallest absolute Gasteiger partial charge is 0.243 e. The van der Waals surface area contributed by atoms with Gasteiger partial charge >= 0.3 is 5.84 Å². The van der Waals surface area contributed by atoms with Crippen LogP contribution in [0, 0.1) is 0 Å². The molecule has 0 aromatic rings. The zero-order valence-electron chi connectivity index (χ0n) is 10.2. The van der Waals surface area contributed by atoms with Gasteiger partial charge < -0.3 is 0 Å². The van der Waals surface area contributed by atoms with Crippen molar-refractivity contribution in [2.24, 2.45) is 0 Å². The molecule has 0 aliphatic heterocycles. The van der Waals surface area contributed by atoms with Crippen LogP contribution < -0.4 is 0 Å². The summed E-state index contributed by atoms with van der Waals surface area (Å²) in [6.45, 7) is 15.8. The Morgan fingerprint density at radius 3 is 1.62 bits per heavy atom. The Labute approximate surface area is 83.5 Å². The molecule has 0 aromatic carbocycles. The van der Waals surface area contributed by atoms with Crippen molar-refractivity contribution < 1.29 is 9.06 Å². The lowest BCUT2D eigenvalue weighted by molar-refractivity contribution is -0.843. The van der Waals surface area contributed by atoms with Crippen LogP contribution in [0.5, 0.6) is 0 Å². The van der Waals surface area contributed by atoms with E-state index in [0.717, 1.165) is 17.6 Å². The van der Waals surface area contributed by atoms with Gasteiger partial charge in [0.1, 0.15) is 13.1 Å². The van der Waals surface area contributed by atoms with Crippen molar-refractivity contribution in [1.82, 2.24) is 0 Å². The molecule has 0 atom stereocenters. The predicted octanol–water partition coefficient (Wildman–Crippen LogP) is 1.94. The Kier molecular flexibility index (Phi) is 5.23. The monoisotopic (exact) mass is 186 g/mol. The van der Waals surface area contributed by atoms with E-state index in [1.807, 2.05) is 0 Å². The summed E-state index contributed by atoms with van der Waals surface area (Å²) in [4.78, 5) is 0. The SMILES string of the molecule is CC[N+](CC)=C(C)[N+](C)(CC)CC. The van der Waals surface area contributed by atoms with Gasteiger partial charge in [-0.05, 0) is 27.7 Å². The minimum atomic E-state index is 1.07. The van der Waals surface area contributed by atoms with Gasteiger partial charge in [-0.1, -0.05) is 0 Å². The van der Waals surface area contributed by atoms with Gasteiger partial charge in [0.2, 0.25) is 0 Å². The van der Waals surface area contributed by atoms with E-state index in [9.17, 15) is 0 Å². The fourth-order valence-electron chi connectivity index (χ4n) is 1.70. The molecule has 0 spiro atoms. The fraction of sp³-hybridized carbons (Fsp3) is 0.909. The second kappa shape index (κ2) is 5.38. The molecule has 0 fully saturated rings. The molecular weight excluding hydrogens is 160 g/mol. The van der Waals surface area contributed by atoms with E-state index in [1.54, 1.807) is 0 Å². The average molecular weight is 186 g/mol. The molecule has 0 aliphatic carbocycles. The van der Waals surface area contributed by atoms with E-state index < -0.39 is 0 Å². The van der Waals surface area contributed by atoms with Gasteiger partial charge in [0.15, 0.2) is 0 Å². The summed E-state index contributed by atoms with van der Waals surface area (Å²) >= 11 is 0. The van der Waals surface area contributed by atoms with E-state index >= 15 is 0 Å². The van der Waals surface area contributed by atoms with Crippen LogP contribution in [0.25, 0.3) is 0 Å². The standard InChI is InChI=1S/C11H26N2/c1-7-12(8-2)11(5)13(6,9-3)10-4/h7-10H2,1-6H3/q+2. The van der Waals surface area contributed by atoms with Gasteiger partial charge in [-0.25, -0.2) is 4.48 Å². The summed E-state index contributed by atoms with van der Waals surface area (Å²) in [5, 5.41) is 0. The molecule has 0 heterocycles. The summed E-state index contributed by atoms with van der Waals surface area (Å²) in [7, 11) is 2.31. The van der Waals surface area contributed by atoms with Crippen molar-refractivity contribution in [1.29, 1.82) is 0 Å². The lowest BCUT2D eigenvalue weighted by atomic mass is 10.3. The van der Waals surface area contributed by atoms with Crippen molar-refractivity contribution in [3.63, 3.8) is 0 Å². The maximum absolute atomic E-state index is 2.45. The van der Waals surface area contributed by atoms with Gasteiger partial charge in [0.25, 0.3) is 0 Å². The number of hydrogen-bond acceptors (Lipinski definition) is 0. The first-order chi connectivity index (χ1) is 6.05. The van der Waals surface area contributed by atoms with Crippen molar-refractivity contribution in [3.8, 4) is 0 Å². The summed E-state index contributed by atoms with van der Waals surface area (Å²) in [5.41, 5.74) is 0. The Morgan fingerprint density at radius 1 is 1.00 bits per heavy atom. The zero-order chi connectivity index (χ0) is 10.5. The number of quaternary nitrogens is 1. The van der Waals surface area contributed by atoms with Crippen LogP contribution in [0.4, 0.5) is 0 Å². The predicted molar refractivity (Wildman–Crippen MR) is 59.3 cm³/mol. The molecular formula is C11H26N2+2. The molecule has 0 bridgehead atoms. The van der Waals surface area contributed by atoms with Crippen LogP contribution in [-0.4, -0.2) is 48.1 Å². The van der Waals surface area contributed by atoms with Gasteiger partial charge in [-0.2, -0.15) is 4.58 Å². The van der Waals surface area contributed by atoms with E-state index in [1.165, 1.54) is 18.9 Å². The van der Waals surface area contributed by atoms with E-state index in [4.69, 9.17) is 0 Å². The van der Waals surface area contributed by atoms with Crippen molar-refractivity contribution in [2.75, 3.05) is 33.2 Å². The van der Waals surface area contributed by atoms with Crippen molar-refractivity contribution >= 4 is 5.84 Å². The van der Waals surface area contributed by atoms with Crippen LogP contribution in [0.2, 0.25) is 0 Å². The van der Waals surface area contributed by atoms with Crippen molar-refractivity contribution in [3.05, 3.63) is 0 Å². The average Bonchev–Trinajstić information content (AvgIpc) is 2.18. The molecule has 0 amide bonds. The molecule has 0 saturated carbocycles. The van der Waals surface area contributed by atoms with Gasteiger partial charge in [-0.15, -0.1) is 0 Å². The first kappa shape index (κ1) is 12.6.